The molecule has 0 fully saturated rings. The third kappa shape index (κ3) is 3.29. The van der Waals surface area contributed by atoms with E-state index >= 15 is 0 Å². The van der Waals surface area contributed by atoms with Gasteiger partial charge in [-0.2, -0.15) is 0 Å². The molecule has 0 spiro atoms. The lowest BCUT2D eigenvalue weighted by molar-refractivity contribution is -0.125. The van der Waals surface area contributed by atoms with Crippen LogP contribution in [0, 0.1) is 18.7 Å². The Bertz CT molecular complexity index is 651. The van der Waals surface area contributed by atoms with E-state index in [0.717, 1.165) is 29.8 Å². The van der Waals surface area contributed by atoms with Gasteiger partial charge >= 0.3 is 0 Å². The van der Waals surface area contributed by atoms with Gasteiger partial charge in [-0.15, -0.1) is 11.3 Å². The number of fused-ring (bicyclic) bond motifs is 1. The van der Waals surface area contributed by atoms with Crippen molar-refractivity contribution >= 4 is 17.2 Å². The molecule has 0 saturated heterocycles. The van der Waals surface area contributed by atoms with Gasteiger partial charge in [-0.25, -0.2) is 9.37 Å². The molecule has 0 bridgehead atoms. The molecule has 2 aromatic rings. The van der Waals surface area contributed by atoms with E-state index in [4.69, 9.17) is 0 Å². The third-order valence-corrected chi connectivity index (χ3v) is 4.83. The van der Waals surface area contributed by atoms with Crippen molar-refractivity contribution in [2.75, 3.05) is 0 Å². The number of hydrogen-bond donors (Lipinski definition) is 1. The van der Waals surface area contributed by atoms with E-state index < -0.39 is 0 Å². The Morgan fingerprint density at radius 1 is 1.43 bits per heavy atom. The zero-order valence-corrected chi connectivity index (χ0v) is 12.7. The SMILES string of the molecule is Cc1nc2c(s1)CC(C(=O)NCc1ccc(F)cc1)CC2. The number of halogens is 1. The van der Waals surface area contributed by atoms with Crippen LogP contribution in [-0.4, -0.2) is 10.9 Å². The fourth-order valence-electron chi connectivity index (χ4n) is 2.66. The zero-order chi connectivity index (χ0) is 14.8. The van der Waals surface area contributed by atoms with Crippen LogP contribution in [0.1, 0.15) is 27.6 Å². The molecular weight excluding hydrogens is 287 g/mol. The first kappa shape index (κ1) is 14.2. The summed E-state index contributed by atoms with van der Waals surface area (Å²) in [4.78, 5) is 18.0. The lowest BCUT2D eigenvalue weighted by Crippen LogP contribution is -2.33. The van der Waals surface area contributed by atoms with Crippen LogP contribution in [0.3, 0.4) is 0 Å². The minimum absolute atomic E-state index is 0.0257. The van der Waals surface area contributed by atoms with Gasteiger partial charge in [-0.05, 0) is 43.9 Å². The van der Waals surface area contributed by atoms with Crippen LogP contribution < -0.4 is 5.32 Å². The van der Waals surface area contributed by atoms with Crippen LogP contribution >= 0.6 is 11.3 Å². The van der Waals surface area contributed by atoms with Crippen molar-refractivity contribution in [3.8, 4) is 0 Å². The highest BCUT2D eigenvalue weighted by Gasteiger charge is 2.26. The quantitative estimate of drug-likeness (QED) is 0.947. The minimum Gasteiger partial charge on any atom is -0.352 e. The second-order valence-corrected chi connectivity index (χ2v) is 6.67. The monoisotopic (exact) mass is 304 g/mol. The lowest BCUT2D eigenvalue weighted by atomic mass is 9.90. The van der Waals surface area contributed by atoms with E-state index in [9.17, 15) is 9.18 Å². The molecule has 1 atom stereocenters. The van der Waals surface area contributed by atoms with Crippen molar-refractivity contribution in [2.45, 2.75) is 32.7 Å². The number of carbonyl (C=O) groups excluding carboxylic acids is 1. The number of aromatic nitrogens is 1. The van der Waals surface area contributed by atoms with Gasteiger partial charge in [0, 0.05) is 17.3 Å². The number of hydrogen-bond acceptors (Lipinski definition) is 3. The van der Waals surface area contributed by atoms with Gasteiger partial charge in [0.05, 0.1) is 10.7 Å². The van der Waals surface area contributed by atoms with Crippen molar-refractivity contribution in [1.82, 2.24) is 10.3 Å². The van der Waals surface area contributed by atoms with Crippen LogP contribution in [0.15, 0.2) is 24.3 Å². The molecule has 1 aliphatic carbocycles. The minimum atomic E-state index is -0.259. The summed E-state index contributed by atoms with van der Waals surface area (Å²) in [5, 5.41) is 4.02. The maximum absolute atomic E-state index is 12.8. The highest BCUT2D eigenvalue weighted by atomic mass is 32.1. The largest absolute Gasteiger partial charge is 0.352 e. The predicted molar refractivity (Wildman–Crippen MR) is 80.6 cm³/mol. The molecule has 110 valence electrons. The van der Waals surface area contributed by atoms with Crippen LogP contribution in [-0.2, 0) is 24.2 Å². The normalized spacial score (nSPS) is 17.3. The van der Waals surface area contributed by atoms with E-state index in [1.165, 1.54) is 22.7 Å². The van der Waals surface area contributed by atoms with E-state index in [1.807, 2.05) is 6.92 Å². The summed E-state index contributed by atoms with van der Waals surface area (Å²) in [6.07, 6.45) is 2.52. The Kier molecular flexibility index (Phi) is 4.01. The second-order valence-electron chi connectivity index (χ2n) is 5.39. The smallest absolute Gasteiger partial charge is 0.223 e. The number of benzene rings is 1. The molecule has 1 heterocycles. The highest BCUT2D eigenvalue weighted by molar-refractivity contribution is 7.11. The summed E-state index contributed by atoms with van der Waals surface area (Å²) < 4.78 is 12.8. The first-order valence-electron chi connectivity index (χ1n) is 7.09. The van der Waals surface area contributed by atoms with Crippen LogP contribution in [0.4, 0.5) is 4.39 Å². The summed E-state index contributed by atoms with van der Waals surface area (Å²) in [5.74, 6) is -0.153. The van der Waals surface area contributed by atoms with Crippen molar-refractivity contribution in [3.63, 3.8) is 0 Å². The Morgan fingerprint density at radius 3 is 2.95 bits per heavy atom. The number of thiazole rings is 1. The molecule has 0 saturated carbocycles. The summed E-state index contributed by atoms with van der Waals surface area (Å²) in [6, 6.07) is 6.21. The average Bonchev–Trinajstić information content (AvgIpc) is 2.85. The molecule has 0 radical (unpaired) electrons. The van der Waals surface area contributed by atoms with Crippen molar-refractivity contribution in [2.24, 2.45) is 5.92 Å². The van der Waals surface area contributed by atoms with Crippen LogP contribution in [0.5, 0.6) is 0 Å². The molecule has 1 aromatic heterocycles. The molecule has 1 N–H and O–H groups in total. The van der Waals surface area contributed by atoms with E-state index in [0.29, 0.717) is 6.54 Å². The maximum atomic E-state index is 12.8. The molecular formula is C16H17FN2OS. The Labute approximate surface area is 127 Å². The fourth-order valence-corrected chi connectivity index (χ4v) is 3.73. The standard InChI is InChI=1S/C16H17FN2OS/c1-10-19-14-7-4-12(8-15(14)21-10)16(20)18-9-11-2-5-13(17)6-3-11/h2-3,5-6,12H,4,7-9H2,1H3,(H,18,20). The first-order chi connectivity index (χ1) is 10.1. The molecule has 1 amide bonds. The van der Waals surface area contributed by atoms with Gasteiger partial charge in [-0.1, -0.05) is 12.1 Å². The fraction of sp³-hybridized carbons (Fsp3) is 0.375. The number of amides is 1. The van der Waals surface area contributed by atoms with Crippen LogP contribution in [0.2, 0.25) is 0 Å². The third-order valence-electron chi connectivity index (χ3n) is 3.80. The van der Waals surface area contributed by atoms with Crippen LogP contribution in [0.25, 0.3) is 0 Å². The maximum Gasteiger partial charge on any atom is 0.223 e. The van der Waals surface area contributed by atoms with E-state index in [-0.39, 0.29) is 17.6 Å². The highest BCUT2D eigenvalue weighted by Crippen LogP contribution is 2.29. The van der Waals surface area contributed by atoms with Crippen molar-refractivity contribution in [3.05, 3.63) is 51.2 Å². The Morgan fingerprint density at radius 2 is 2.19 bits per heavy atom. The summed E-state index contributed by atoms with van der Waals surface area (Å²) in [7, 11) is 0. The Hall–Kier alpha value is -1.75. The zero-order valence-electron chi connectivity index (χ0n) is 11.9. The molecule has 1 unspecified atom stereocenters. The van der Waals surface area contributed by atoms with E-state index in [2.05, 4.69) is 10.3 Å². The summed E-state index contributed by atoms with van der Waals surface area (Å²) >= 11 is 1.69. The number of nitrogens with one attached hydrogen (secondary N) is 1. The number of aryl methyl sites for hydroxylation is 2. The number of rotatable bonds is 3. The topological polar surface area (TPSA) is 42.0 Å². The molecule has 3 nitrogen and oxygen atoms in total. The molecule has 1 aromatic carbocycles. The van der Waals surface area contributed by atoms with Crippen molar-refractivity contribution in [1.29, 1.82) is 0 Å². The first-order valence-corrected chi connectivity index (χ1v) is 7.91. The number of nitrogens with zero attached hydrogens (tertiary/aromatic N) is 1. The molecule has 1 aliphatic rings. The van der Waals surface area contributed by atoms with Gasteiger partial charge in [0.1, 0.15) is 5.82 Å². The van der Waals surface area contributed by atoms with Gasteiger partial charge in [0.25, 0.3) is 0 Å². The van der Waals surface area contributed by atoms with Gasteiger partial charge in [0.2, 0.25) is 5.91 Å². The summed E-state index contributed by atoms with van der Waals surface area (Å²) in [5.41, 5.74) is 2.08. The molecule has 5 heteroatoms. The summed E-state index contributed by atoms with van der Waals surface area (Å²) in [6.45, 7) is 2.46. The molecule has 21 heavy (non-hydrogen) atoms. The Balaban J connectivity index is 1.58. The van der Waals surface area contributed by atoms with Gasteiger partial charge in [-0.3, -0.25) is 4.79 Å². The predicted octanol–water partition coefficient (Wildman–Crippen LogP) is 3.01. The average molecular weight is 304 g/mol. The van der Waals surface area contributed by atoms with Gasteiger partial charge in [0.15, 0.2) is 0 Å². The number of carbonyl (C=O) groups is 1. The molecule has 0 aliphatic heterocycles. The van der Waals surface area contributed by atoms with E-state index in [1.54, 1.807) is 23.5 Å². The lowest BCUT2D eigenvalue weighted by Gasteiger charge is -2.20. The molecule has 3 rings (SSSR count). The van der Waals surface area contributed by atoms with Gasteiger partial charge < -0.3 is 5.32 Å². The van der Waals surface area contributed by atoms with Crippen molar-refractivity contribution < 1.29 is 9.18 Å². The second kappa shape index (κ2) is 5.93.